The van der Waals surface area contributed by atoms with Crippen LogP contribution in [0.4, 0.5) is 14.5 Å². The van der Waals surface area contributed by atoms with E-state index in [9.17, 15) is 18.4 Å². The van der Waals surface area contributed by atoms with E-state index in [1.165, 1.54) is 37.4 Å². The summed E-state index contributed by atoms with van der Waals surface area (Å²) in [6, 6.07) is 19.7. The van der Waals surface area contributed by atoms with E-state index < -0.39 is 11.6 Å². The normalized spacial score (nSPS) is 10.8. The molecule has 1 atom stereocenters. The molecule has 3 aromatic carbocycles. The van der Waals surface area contributed by atoms with E-state index in [4.69, 9.17) is 4.74 Å². The summed E-state index contributed by atoms with van der Waals surface area (Å²) in [6.07, 6.45) is 1.19. The average Bonchev–Trinajstić information content (AvgIpc) is 2.75. The van der Waals surface area contributed by atoms with Gasteiger partial charge in [-0.25, -0.2) is 8.78 Å². The molecule has 1 unspecified atom stereocenters. The van der Waals surface area contributed by atoms with Gasteiger partial charge in [-0.15, -0.1) is 0 Å². The third-order valence-electron chi connectivity index (χ3n) is 4.26. The third-order valence-corrected chi connectivity index (χ3v) is 4.26. The lowest BCUT2D eigenvalue weighted by Crippen LogP contribution is -2.34. The molecule has 2 amide bonds. The van der Waals surface area contributed by atoms with Gasteiger partial charge < -0.3 is 15.4 Å². The number of rotatable bonds is 7. The Hall–Kier alpha value is -3.74. The van der Waals surface area contributed by atoms with Crippen LogP contribution in [0.1, 0.15) is 22.8 Å². The molecule has 162 valence electrons. The van der Waals surface area contributed by atoms with E-state index in [2.05, 4.69) is 10.6 Å². The van der Waals surface area contributed by atoms with Crippen molar-refractivity contribution in [1.82, 2.24) is 5.32 Å². The number of benzene rings is 3. The molecular weight excluding hydrogens is 402 g/mol. The first-order chi connectivity index (χ1) is 14.9. The first-order valence-electron chi connectivity index (χ1n) is 9.57. The van der Waals surface area contributed by atoms with Crippen molar-refractivity contribution >= 4 is 18.0 Å². The Morgan fingerprint density at radius 1 is 1.03 bits per heavy atom. The van der Waals surface area contributed by atoms with E-state index in [1.807, 2.05) is 37.3 Å². The highest BCUT2D eigenvalue weighted by Crippen LogP contribution is 2.23. The highest BCUT2D eigenvalue weighted by Gasteiger charge is 2.13. The second kappa shape index (κ2) is 12.1. The molecule has 0 saturated heterocycles. The summed E-state index contributed by atoms with van der Waals surface area (Å²) in [7, 11) is 1.45. The number of hydrogen-bond acceptors (Lipinski definition) is 3. The molecule has 0 heterocycles. The van der Waals surface area contributed by atoms with Crippen molar-refractivity contribution in [3.05, 3.63) is 95.6 Å². The van der Waals surface area contributed by atoms with Crippen molar-refractivity contribution in [1.29, 1.82) is 0 Å². The van der Waals surface area contributed by atoms with Crippen molar-refractivity contribution in [3.63, 3.8) is 0 Å². The fourth-order valence-corrected chi connectivity index (χ4v) is 2.82. The minimum absolute atomic E-state index is 0.0468. The van der Waals surface area contributed by atoms with Gasteiger partial charge in [-0.2, -0.15) is 0 Å². The van der Waals surface area contributed by atoms with Crippen LogP contribution in [-0.2, 0) is 11.2 Å². The van der Waals surface area contributed by atoms with Crippen LogP contribution in [-0.4, -0.2) is 25.5 Å². The van der Waals surface area contributed by atoms with Crippen LogP contribution >= 0.6 is 0 Å². The zero-order chi connectivity index (χ0) is 22.6. The highest BCUT2D eigenvalue weighted by molar-refractivity contribution is 5.94. The molecule has 0 aliphatic heterocycles. The van der Waals surface area contributed by atoms with Crippen LogP contribution in [0.3, 0.4) is 0 Å². The predicted molar refractivity (Wildman–Crippen MR) is 116 cm³/mol. The molecule has 0 aliphatic carbocycles. The number of nitrogens with one attached hydrogen (secondary N) is 2. The van der Waals surface area contributed by atoms with Crippen molar-refractivity contribution < 1.29 is 23.1 Å². The largest absolute Gasteiger partial charge is 0.495 e. The topological polar surface area (TPSA) is 67.4 Å². The molecule has 3 aromatic rings. The van der Waals surface area contributed by atoms with Gasteiger partial charge in [-0.3, -0.25) is 9.59 Å². The number of amides is 2. The lowest BCUT2D eigenvalue weighted by Gasteiger charge is -2.14. The van der Waals surface area contributed by atoms with Crippen molar-refractivity contribution in [2.45, 2.75) is 19.4 Å². The van der Waals surface area contributed by atoms with Gasteiger partial charge in [-0.05, 0) is 43.2 Å². The van der Waals surface area contributed by atoms with E-state index >= 15 is 0 Å². The first-order valence-corrected chi connectivity index (χ1v) is 9.57. The Kier molecular flexibility index (Phi) is 9.16. The maximum atomic E-state index is 13.5. The quantitative estimate of drug-likeness (QED) is 0.543. The summed E-state index contributed by atoms with van der Waals surface area (Å²) in [5, 5.41) is 5.13. The van der Waals surface area contributed by atoms with E-state index in [0.29, 0.717) is 17.8 Å². The van der Waals surface area contributed by atoms with Gasteiger partial charge in [0, 0.05) is 12.1 Å². The van der Waals surface area contributed by atoms with Crippen molar-refractivity contribution in [2.75, 3.05) is 12.4 Å². The SMILES string of the molecule is CC(Cc1ccccc1)NC(=O)c1ccccc1F.COc1ccc(F)cc1NC=O. The van der Waals surface area contributed by atoms with Crippen molar-refractivity contribution in [2.24, 2.45) is 0 Å². The molecule has 0 saturated carbocycles. The Balaban J connectivity index is 0.000000245. The molecule has 0 spiro atoms. The average molecular weight is 426 g/mol. The minimum atomic E-state index is -0.494. The Bertz CT molecular complexity index is 997. The fourth-order valence-electron chi connectivity index (χ4n) is 2.82. The fraction of sp³-hybridized carbons (Fsp3) is 0.167. The summed E-state index contributed by atoms with van der Waals surface area (Å²) >= 11 is 0. The van der Waals surface area contributed by atoms with E-state index in [-0.39, 0.29) is 17.5 Å². The molecule has 5 nitrogen and oxygen atoms in total. The van der Waals surface area contributed by atoms with Gasteiger partial charge in [0.2, 0.25) is 6.41 Å². The molecule has 0 aromatic heterocycles. The molecule has 0 bridgehead atoms. The number of anilines is 1. The van der Waals surface area contributed by atoms with E-state index in [0.717, 1.165) is 12.0 Å². The molecule has 0 fully saturated rings. The second-order valence-electron chi connectivity index (χ2n) is 6.65. The molecule has 0 aliphatic rings. The number of methoxy groups -OCH3 is 1. The van der Waals surface area contributed by atoms with Gasteiger partial charge >= 0.3 is 0 Å². The molecule has 31 heavy (non-hydrogen) atoms. The van der Waals surface area contributed by atoms with Crippen LogP contribution in [0.5, 0.6) is 5.75 Å². The molecule has 7 heteroatoms. The smallest absolute Gasteiger partial charge is 0.254 e. The lowest BCUT2D eigenvalue weighted by molar-refractivity contribution is -0.105. The van der Waals surface area contributed by atoms with Crippen molar-refractivity contribution in [3.8, 4) is 5.75 Å². The minimum Gasteiger partial charge on any atom is -0.495 e. The summed E-state index contributed by atoms with van der Waals surface area (Å²) in [4.78, 5) is 22.0. The second-order valence-corrected chi connectivity index (χ2v) is 6.65. The molecule has 2 N–H and O–H groups in total. The van der Waals surface area contributed by atoms with Gasteiger partial charge in [-0.1, -0.05) is 42.5 Å². The highest BCUT2D eigenvalue weighted by atomic mass is 19.1. The molecule has 0 radical (unpaired) electrons. The van der Waals surface area contributed by atoms with Crippen LogP contribution in [0, 0.1) is 11.6 Å². The summed E-state index contributed by atoms with van der Waals surface area (Å²) in [5.41, 5.74) is 1.55. The van der Waals surface area contributed by atoms with Gasteiger partial charge in [0.05, 0.1) is 18.4 Å². The predicted octanol–water partition coefficient (Wildman–Crippen LogP) is 4.59. The van der Waals surface area contributed by atoms with E-state index in [1.54, 1.807) is 12.1 Å². The molecule has 3 rings (SSSR count). The van der Waals surface area contributed by atoms with Crippen LogP contribution in [0.2, 0.25) is 0 Å². The van der Waals surface area contributed by atoms with Gasteiger partial charge in [0.25, 0.3) is 5.91 Å². The Morgan fingerprint density at radius 2 is 1.71 bits per heavy atom. The van der Waals surface area contributed by atoms with Gasteiger partial charge in [0.15, 0.2) is 0 Å². The third kappa shape index (κ3) is 7.54. The molecular formula is C24H24F2N2O3. The van der Waals surface area contributed by atoms with Crippen LogP contribution in [0.15, 0.2) is 72.8 Å². The van der Waals surface area contributed by atoms with Crippen LogP contribution < -0.4 is 15.4 Å². The number of ether oxygens (including phenoxy) is 1. The Morgan fingerprint density at radius 3 is 2.35 bits per heavy atom. The zero-order valence-corrected chi connectivity index (χ0v) is 17.3. The number of halogens is 2. The first kappa shape index (κ1) is 23.5. The lowest BCUT2D eigenvalue weighted by atomic mass is 10.1. The number of carbonyl (C=O) groups excluding carboxylic acids is 2. The summed E-state index contributed by atoms with van der Waals surface area (Å²) < 4.78 is 30.9. The summed E-state index contributed by atoms with van der Waals surface area (Å²) in [5.74, 6) is -0.850. The van der Waals surface area contributed by atoms with Crippen LogP contribution in [0.25, 0.3) is 0 Å². The zero-order valence-electron chi connectivity index (χ0n) is 17.3. The summed E-state index contributed by atoms with van der Waals surface area (Å²) in [6.45, 7) is 1.91. The maximum Gasteiger partial charge on any atom is 0.254 e. The Labute approximate surface area is 180 Å². The standard InChI is InChI=1S/C16H16FNO.C8H8FNO2/c1-12(11-13-7-3-2-4-8-13)18-16(19)14-9-5-6-10-15(14)17;1-12-8-3-2-6(9)4-7(8)10-5-11/h2-10,12H,11H2,1H3,(H,18,19);2-5H,1H3,(H,10,11). The maximum absolute atomic E-state index is 13.5. The monoisotopic (exact) mass is 426 g/mol. The number of carbonyl (C=O) groups is 2. The number of hydrogen-bond donors (Lipinski definition) is 2. The van der Waals surface area contributed by atoms with Gasteiger partial charge in [0.1, 0.15) is 17.4 Å².